The first-order valence-corrected chi connectivity index (χ1v) is 7.17. The smallest absolute Gasteiger partial charge is 0.256 e. The SMILES string of the molecule is CN(C)c1cccc2c1c(NC(=O)c1ccc(F)cc1)nn2C. The van der Waals surface area contributed by atoms with E-state index in [9.17, 15) is 9.18 Å². The summed E-state index contributed by atoms with van der Waals surface area (Å²) in [5.41, 5.74) is 2.27. The van der Waals surface area contributed by atoms with Crippen LogP contribution in [0.4, 0.5) is 15.9 Å². The Labute approximate surface area is 133 Å². The number of hydrogen-bond donors (Lipinski definition) is 1. The lowest BCUT2D eigenvalue weighted by Crippen LogP contribution is -2.14. The third-order valence-electron chi connectivity index (χ3n) is 3.68. The van der Waals surface area contributed by atoms with Crippen molar-refractivity contribution in [3.8, 4) is 0 Å². The average molecular weight is 312 g/mol. The summed E-state index contributed by atoms with van der Waals surface area (Å²) in [7, 11) is 5.70. The molecular weight excluding hydrogens is 295 g/mol. The van der Waals surface area contributed by atoms with Crippen LogP contribution in [0.3, 0.4) is 0 Å². The molecule has 0 saturated heterocycles. The summed E-state index contributed by atoms with van der Waals surface area (Å²) in [6, 6.07) is 11.3. The number of amides is 1. The van der Waals surface area contributed by atoms with E-state index in [4.69, 9.17) is 0 Å². The molecule has 0 spiro atoms. The number of halogens is 1. The Kier molecular flexibility index (Phi) is 3.73. The molecular formula is C17H17FN4O. The molecule has 0 aliphatic heterocycles. The highest BCUT2D eigenvalue weighted by Crippen LogP contribution is 2.31. The molecule has 1 N–H and O–H groups in total. The number of nitrogens with zero attached hydrogens (tertiary/aromatic N) is 3. The zero-order chi connectivity index (χ0) is 16.6. The lowest BCUT2D eigenvalue weighted by molar-refractivity contribution is 0.102. The Bertz CT molecular complexity index is 868. The van der Waals surface area contributed by atoms with E-state index in [2.05, 4.69) is 10.4 Å². The van der Waals surface area contributed by atoms with Crippen molar-refractivity contribution in [2.45, 2.75) is 0 Å². The molecule has 2 aromatic carbocycles. The van der Waals surface area contributed by atoms with Gasteiger partial charge in [-0.05, 0) is 36.4 Å². The van der Waals surface area contributed by atoms with Gasteiger partial charge in [0.2, 0.25) is 0 Å². The number of benzene rings is 2. The largest absolute Gasteiger partial charge is 0.377 e. The van der Waals surface area contributed by atoms with Crippen LogP contribution in [0.25, 0.3) is 10.9 Å². The maximum Gasteiger partial charge on any atom is 0.256 e. The fraction of sp³-hybridized carbons (Fsp3) is 0.176. The fourth-order valence-corrected chi connectivity index (χ4v) is 2.54. The molecule has 118 valence electrons. The number of rotatable bonds is 3. The molecule has 0 radical (unpaired) electrons. The van der Waals surface area contributed by atoms with E-state index in [1.165, 1.54) is 24.3 Å². The quantitative estimate of drug-likeness (QED) is 0.809. The maximum absolute atomic E-state index is 13.0. The molecule has 0 fully saturated rings. The van der Waals surface area contributed by atoms with E-state index < -0.39 is 0 Å². The van der Waals surface area contributed by atoms with Crippen LogP contribution in [0, 0.1) is 5.82 Å². The van der Waals surface area contributed by atoms with Gasteiger partial charge >= 0.3 is 0 Å². The topological polar surface area (TPSA) is 50.2 Å². The number of anilines is 2. The summed E-state index contributed by atoms with van der Waals surface area (Å²) in [6.45, 7) is 0. The van der Waals surface area contributed by atoms with Gasteiger partial charge in [0.15, 0.2) is 5.82 Å². The van der Waals surface area contributed by atoms with Crippen LogP contribution in [0.5, 0.6) is 0 Å². The highest BCUT2D eigenvalue weighted by atomic mass is 19.1. The molecule has 1 aromatic heterocycles. The second-order valence-electron chi connectivity index (χ2n) is 5.50. The van der Waals surface area contributed by atoms with Crippen LogP contribution in [0.2, 0.25) is 0 Å². The standard InChI is InChI=1S/C17H17FN4O/c1-21(2)13-5-4-6-14-15(13)16(20-22(14)3)19-17(23)11-7-9-12(18)10-8-11/h4-10H,1-3H3,(H,19,20,23). The Hall–Kier alpha value is -2.89. The van der Waals surface area contributed by atoms with Crippen LogP contribution in [0.15, 0.2) is 42.5 Å². The van der Waals surface area contributed by atoms with Crippen molar-refractivity contribution in [2.75, 3.05) is 24.3 Å². The Morgan fingerprint density at radius 3 is 2.52 bits per heavy atom. The van der Waals surface area contributed by atoms with Crippen LogP contribution >= 0.6 is 0 Å². The molecule has 0 aliphatic carbocycles. The Morgan fingerprint density at radius 2 is 1.87 bits per heavy atom. The number of carbonyl (C=O) groups excluding carboxylic acids is 1. The van der Waals surface area contributed by atoms with Crippen LogP contribution in [0.1, 0.15) is 10.4 Å². The van der Waals surface area contributed by atoms with E-state index >= 15 is 0 Å². The van der Waals surface area contributed by atoms with Crippen LogP contribution < -0.4 is 10.2 Å². The van der Waals surface area contributed by atoms with Gasteiger partial charge < -0.3 is 10.2 Å². The van der Waals surface area contributed by atoms with E-state index in [-0.39, 0.29) is 11.7 Å². The predicted octanol–water partition coefficient (Wildman–Crippen LogP) is 3.03. The highest BCUT2D eigenvalue weighted by Gasteiger charge is 2.16. The van der Waals surface area contributed by atoms with Gasteiger partial charge in [0.1, 0.15) is 5.82 Å². The van der Waals surface area contributed by atoms with Gasteiger partial charge in [-0.1, -0.05) is 6.07 Å². The van der Waals surface area contributed by atoms with Gasteiger partial charge in [0.25, 0.3) is 5.91 Å². The number of hydrogen-bond acceptors (Lipinski definition) is 3. The monoisotopic (exact) mass is 312 g/mol. The zero-order valence-corrected chi connectivity index (χ0v) is 13.2. The molecule has 1 heterocycles. The van der Waals surface area contributed by atoms with E-state index in [1.807, 2.05) is 44.2 Å². The molecule has 23 heavy (non-hydrogen) atoms. The summed E-state index contributed by atoms with van der Waals surface area (Å²) in [6.07, 6.45) is 0. The number of fused-ring (bicyclic) bond motifs is 1. The number of nitrogens with one attached hydrogen (secondary N) is 1. The molecule has 0 atom stereocenters. The lowest BCUT2D eigenvalue weighted by atomic mass is 10.1. The van der Waals surface area contributed by atoms with Crippen LogP contribution in [-0.2, 0) is 7.05 Å². The Morgan fingerprint density at radius 1 is 1.17 bits per heavy atom. The summed E-state index contributed by atoms with van der Waals surface area (Å²) in [4.78, 5) is 14.3. The molecule has 0 saturated carbocycles. The third-order valence-corrected chi connectivity index (χ3v) is 3.68. The van der Waals surface area contributed by atoms with Crippen molar-refractivity contribution >= 4 is 28.3 Å². The van der Waals surface area contributed by atoms with Crippen molar-refractivity contribution in [1.29, 1.82) is 0 Å². The number of aromatic nitrogens is 2. The summed E-state index contributed by atoms with van der Waals surface area (Å²) < 4.78 is 14.7. The van der Waals surface area contributed by atoms with Crippen molar-refractivity contribution < 1.29 is 9.18 Å². The molecule has 6 heteroatoms. The molecule has 0 unspecified atom stereocenters. The second-order valence-corrected chi connectivity index (χ2v) is 5.50. The van der Waals surface area contributed by atoms with Crippen molar-refractivity contribution in [3.05, 3.63) is 53.8 Å². The van der Waals surface area contributed by atoms with Gasteiger partial charge in [-0.15, -0.1) is 0 Å². The first kappa shape index (κ1) is 15.0. The van der Waals surface area contributed by atoms with E-state index in [0.717, 1.165) is 16.6 Å². The maximum atomic E-state index is 13.0. The first-order valence-electron chi connectivity index (χ1n) is 7.17. The summed E-state index contributed by atoms with van der Waals surface area (Å²) >= 11 is 0. The average Bonchev–Trinajstić information content (AvgIpc) is 2.84. The molecule has 3 aromatic rings. The van der Waals surface area contributed by atoms with Crippen LogP contribution in [-0.4, -0.2) is 29.8 Å². The summed E-state index contributed by atoms with van der Waals surface area (Å²) in [5.74, 6) is -0.209. The second kappa shape index (κ2) is 5.72. The minimum Gasteiger partial charge on any atom is -0.377 e. The number of aryl methyl sites for hydroxylation is 1. The summed E-state index contributed by atoms with van der Waals surface area (Å²) in [5, 5.41) is 8.09. The van der Waals surface area contributed by atoms with Crippen molar-refractivity contribution in [3.63, 3.8) is 0 Å². The highest BCUT2D eigenvalue weighted by molar-refractivity contribution is 6.10. The van der Waals surface area contributed by atoms with Crippen molar-refractivity contribution in [2.24, 2.45) is 7.05 Å². The normalized spacial score (nSPS) is 10.8. The molecule has 5 nitrogen and oxygen atoms in total. The minimum atomic E-state index is -0.375. The number of carbonyl (C=O) groups is 1. The van der Waals surface area contributed by atoms with Gasteiger partial charge in [-0.3, -0.25) is 9.48 Å². The molecule has 0 aliphatic rings. The fourth-order valence-electron chi connectivity index (χ4n) is 2.54. The van der Waals surface area contributed by atoms with E-state index in [0.29, 0.717) is 11.4 Å². The minimum absolute atomic E-state index is 0.321. The zero-order valence-electron chi connectivity index (χ0n) is 13.2. The van der Waals surface area contributed by atoms with Crippen molar-refractivity contribution in [1.82, 2.24) is 9.78 Å². The Balaban J connectivity index is 2.03. The molecule has 1 amide bonds. The van der Waals surface area contributed by atoms with E-state index in [1.54, 1.807) is 4.68 Å². The van der Waals surface area contributed by atoms with Gasteiger partial charge in [-0.2, -0.15) is 5.10 Å². The van der Waals surface area contributed by atoms with Gasteiger partial charge in [0, 0.05) is 32.4 Å². The first-order chi connectivity index (χ1) is 11.0. The van der Waals surface area contributed by atoms with Gasteiger partial charge in [-0.25, -0.2) is 4.39 Å². The molecule has 0 bridgehead atoms. The lowest BCUT2D eigenvalue weighted by Gasteiger charge is -2.14. The predicted molar refractivity (Wildman–Crippen MR) is 89.4 cm³/mol. The third kappa shape index (κ3) is 2.75. The van der Waals surface area contributed by atoms with Gasteiger partial charge in [0.05, 0.1) is 10.9 Å². The molecule has 3 rings (SSSR count).